The van der Waals surface area contributed by atoms with E-state index in [1.54, 1.807) is 16.5 Å². The zero-order chi connectivity index (χ0) is 19.9. The first-order chi connectivity index (χ1) is 13.9. The van der Waals surface area contributed by atoms with Crippen LogP contribution in [0.4, 0.5) is 0 Å². The number of fused-ring (bicyclic) bond motifs is 3. The Morgan fingerprint density at radius 3 is 2.31 bits per heavy atom. The van der Waals surface area contributed by atoms with Crippen LogP contribution in [0.3, 0.4) is 0 Å². The lowest BCUT2D eigenvalue weighted by molar-refractivity contribution is 0.484. The van der Waals surface area contributed by atoms with Crippen molar-refractivity contribution in [1.29, 1.82) is 0 Å². The maximum absolute atomic E-state index is 13.5. The molecule has 29 heavy (non-hydrogen) atoms. The van der Waals surface area contributed by atoms with Gasteiger partial charge in [0.2, 0.25) is 0 Å². The van der Waals surface area contributed by atoms with Crippen LogP contribution in [0.25, 0.3) is 49.0 Å². The van der Waals surface area contributed by atoms with Gasteiger partial charge in [0.05, 0.1) is 11.0 Å². The number of hydrogen-bond donors (Lipinski definition) is 1. The minimum atomic E-state index is -4.44. The number of benzene rings is 4. The molecular formula is C22H12N2O4S. The average Bonchev–Trinajstić information content (AvgIpc) is 2.71. The lowest BCUT2D eigenvalue weighted by Gasteiger charge is -2.14. The molecule has 0 unspecified atom stereocenters. The van der Waals surface area contributed by atoms with Gasteiger partial charge in [-0.05, 0) is 29.7 Å². The summed E-state index contributed by atoms with van der Waals surface area (Å²) in [6.45, 7) is 0. The third kappa shape index (κ3) is 2.05. The van der Waals surface area contributed by atoms with E-state index >= 15 is 0 Å². The van der Waals surface area contributed by atoms with Crippen LogP contribution < -0.4 is 5.56 Å². The first kappa shape index (κ1) is 16.4. The second-order valence-corrected chi connectivity index (χ2v) is 8.43. The fourth-order valence-corrected chi connectivity index (χ4v) is 5.02. The Morgan fingerprint density at radius 2 is 1.52 bits per heavy atom. The molecule has 2 aromatic heterocycles. The Balaban J connectivity index is 2.00. The minimum absolute atomic E-state index is 0.224. The topological polar surface area (TPSA) is 88.7 Å². The molecule has 6 nitrogen and oxygen atoms in total. The SMILES string of the molecule is O=c1c2ccc(S(=O)(=O)O)c3cccc(c32)c2nc3cccc4cccc(c43)n12. The van der Waals surface area contributed by atoms with Gasteiger partial charge in [-0.2, -0.15) is 8.42 Å². The largest absolute Gasteiger partial charge is 0.295 e. The molecule has 0 radical (unpaired) electrons. The van der Waals surface area contributed by atoms with Gasteiger partial charge in [-0.25, -0.2) is 4.98 Å². The summed E-state index contributed by atoms with van der Waals surface area (Å²) in [7, 11) is -4.44. The molecule has 0 fully saturated rings. The molecule has 140 valence electrons. The van der Waals surface area contributed by atoms with Crippen molar-refractivity contribution in [2.45, 2.75) is 4.90 Å². The Morgan fingerprint density at radius 1 is 0.793 bits per heavy atom. The Hall–Kier alpha value is -3.55. The normalized spacial score (nSPS) is 12.7. The highest BCUT2D eigenvalue weighted by Crippen LogP contribution is 2.34. The van der Waals surface area contributed by atoms with Crippen molar-refractivity contribution in [2.75, 3.05) is 0 Å². The van der Waals surface area contributed by atoms with Crippen molar-refractivity contribution in [3.63, 3.8) is 0 Å². The maximum Gasteiger partial charge on any atom is 0.295 e. The molecule has 6 rings (SSSR count). The van der Waals surface area contributed by atoms with Crippen LogP contribution in [0.5, 0.6) is 0 Å². The summed E-state index contributed by atoms with van der Waals surface area (Å²) in [5.74, 6) is 0. The average molecular weight is 400 g/mol. The predicted molar refractivity (Wildman–Crippen MR) is 112 cm³/mol. The van der Waals surface area contributed by atoms with E-state index in [2.05, 4.69) is 0 Å². The third-order valence-electron chi connectivity index (χ3n) is 5.49. The Kier molecular flexibility index (Phi) is 2.99. The molecule has 0 bridgehead atoms. The first-order valence-corrected chi connectivity index (χ1v) is 10.4. The fourth-order valence-electron chi connectivity index (χ4n) is 4.34. The molecule has 4 aromatic carbocycles. The summed E-state index contributed by atoms with van der Waals surface area (Å²) >= 11 is 0. The Bertz CT molecular complexity index is 1800. The van der Waals surface area contributed by atoms with Crippen molar-refractivity contribution in [1.82, 2.24) is 9.38 Å². The van der Waals surface area contributed by atoms with Crippen molar-refractivity contribution < 1.29 is 13.0 Å². The molecule has 1 N–H and O–H groups in total. The van der Waals surface area contributed by atoms with E-state index in [9.17, 15) is 17.8 Å². The van der Waals surface area contributed by atoms with E-state index in [1.165, 1.54) is 12.1 Å². The molecule has 0 atom stereocenters. The van der Waals surface area contributed by atoms with Crippen LogP contribution >= 0.6 is 0 Å². The summed E-state index contributed by atoms with van der Waals surface area (Å²) in [6.07, 6.45) is 0. The molecule has 2 heterocycles. The highest BCUT2D eigenvalue weighted by Gasteiger charge is 2.21. The van der Waals surface area contributed by atoms with Crippen molar-refractivity contribution in [3.05, 3.63) is 77.1 Å². The smallest absolute Gasteiger partial charge is 0.282 e. The first-order valence-electron chi connectivity index (χ1n) is 8.93. The van der Waals surface area contributed by atoms with Gasteiger partial charge < -0.3 is 0 Å². The van der Waals surface area contributed by atoms with Crippen molar-refractivity contribution in [2.24, 2.45) is 0 Å². The maximum atomic E-state index is 13.5. The van der Waals surface area contributed by atoms with Gasteiger partial charge in [0.15, 0.2) is 0 Å². The lowest BCUT2D eigenvalue weighted by atomic mass is 10.0. The molecule has 6 aromatic rings. The zero-order valence-electron chi connectivity index (χ0n) is 14.8. The standard InChI is InChI=1S/C22H12N2O4S/c25-22-15-10-11-18(29(26,27)28)13-6-3-7-14(20(13)15)21-23-16-8-1-4-12-5-2-9-17(19(12)16)24(21)22/h1-11H,(H,26,27,28). The summed E-state index contributed by atoms with van der Waals surface area (Å²) < 4.78 is 34.9. The molecule has 0 amide bonds. The van der Waals surface area contributed by atoms with Crippen LogP contribution in [0.1, 0.15) is 0 Å². The van der Waals surface area contributed by atoms with E-state index < -0.39 is 10.1 Å². The van der Waals surface area contributed by atoms with Crippen LogP contribution in [-0.2, 0) is 10.1 Å². The van der Waals surface area contributed by atoms with Gasteiger partial charge in [0.1, 0.15) is 10.5 Å². The summed E-state index contributed by atoms with van der Waals surface area (Å²) in [5.41, 5.74) is 1.67. The zero-order valence-corrected chi connectivity index (χ0v) is 15.6. The van der Waals surface area contributed by atoms with Gasteiger partial charge in [0.25, 0.3) is 15.7 Å². The predicted octanol–water partition coefficient (Wildman–Crippen LogP) is 3.99. The van der Waals surface area contributed by atoms with Gasteiger partial charge in [-0.15, -0.1) is 0 Å². The highest BCUT2D eigenvalue weighted by molar-refractivity contribution is 7.86. The number of pyridine rings is 1. The highest BCUT2D eigenvalue weighted by atomic mass is 32.2. The van der Waals surface area contributed by atoms with E-state index in [-0.39, 0.29) is 10.5 Å². The number of hydrogen-bond acceptors (Lipinski definition) is 4. The molecule has 0 aliphatic carbocycles. The summed E-state index contributed by atoms with van der Waals surface area (Å²) in [6, 6.07) is 19.4. The van der Waals surface area contributed by atoms with Crippen molar-refractivity contribution in [3.8, 4) is 0 Å². The second-order valence-electron chi connectivity index (χ2n) is 7.04. The van der Waals surface area contributed by atoms with E-state index in [4.69, 9.17) is 4.98 Å². The molecule has 0 spiro atoms. The van der Waals surface area contributed by atoms with Gasteiger partial charge >= 0.3 is 0 Å². The number of rotatable bonds is 1. The molecule has 0 saturated heterocycles. The molecular weight excluding hydrogens is 388 g/mol. The molecule has 7 heteroatoms. The number of nitrogens with zero attached hydrogens (tertiary/aromatic N) is 2. The second kappa shape index (κ2) is 5.28. The lowest BCUT2D eigenvalue weighted by Crippen LogP contribution is -2.17. The Labute approximate surface area is 163 Å². The van der Waals surface area contributed by atoms with Crippen molar-refractivity contribution >= 4 is 59.1 Å². The van der Waals surface area contributed by atoms with Crippen LogP contribution in [0.15, 0.2) is 76.4 Å². The van der Waals surface area contributed by atoms with Crippen LogP contribution in [-0.4, -0.2) is 22.4 Å². The van der Waals surface area contributed by atoms with Gasteiger partial charge in [-0.1, -0.05) is 42.5 Å². The van der Waals surface area contributed by atoms with E-state index in [1.807, 2.05) is 42.5 Å². The quantitative estimate of drug-likeness (QED) is 0.256. The monoisotopic (exact) mass is 400 g/mol. The van der Waals surface area contributed by atoms with Crippen LogP contribution in [0, 0.1) is 0 Å². The third-order valence-corrected chi connectivity index (χ3v) is 6.40. The number of aromatic nitrogens is 2. The minimum Gasteiger partial charge on any atom is -0.282 e. The van der Waals surface area contributed by atoms with E-state index in [0.717, 1.165) is 21.8 Å². The van der Waals surface area contributed by atoms with Gasteiger partial charge in [-0.3, -0.25) is 13.7 Å². The van der Waals surface area contributed by atoms with Crippen LogP contribution in [0.2, 0.25) is 0 Å². The molecule has 0 aliphatic heterocycles. The van der Waals surface area contributed by atoms with E-state index in [0.29, 0.717) is 27.2 Å². The van der Waals surface area contributed by atoms with Gasteiger partial charge in [0, 0.05) is 26.9 Å². The summed E-state index contributed by atoms with van der Waals surface area (Å²) in [5, 5.41) is 3.69. The molecule has 0 aliphatic rings. The molecule has 0 saturated carbocycles. The summed E-state index contributed by atoms with van der Waals surface area (Å²) in [4.78, 5) is 18.0. The fraction of sp³-hybridized carbons (Fsp3) is 0.